The summed E-state index contributed by atoms with van der Waals surface area (Å²) >= 11 is 0. The molecule has 0 unspecified atom stereocenters. The van der Waals surface area contributed by atoms with Gasteiger partial charge in [-0.25, -0.2) is 10.2 Å². The Hall–Kier alpha value is -5.17. The number of aromatic nitrogens is 2. The summed E-state index contributed by atoms with van der Waals surface area (Å²) in [5.74, 6) is -0.662. The lowest BCUT2D eigenvalue weighted by Crippen LogP contribution is -2.17. The molecule has 0 saturated carbocycles. The van der Waals surface area contributed by atoms with Crippen LogP contribution in [0.4, 0.5) is 0 Å². The number of amides is 1. The highest BCUT2D eigenvalue weighted by atomic mass is 16.5. The summed E-state index contributed by atoms with van der Waals surface area (Å²) in [7, 11) is 1.36. The summed E-state index contributed by atoms with van der Waals surface area (Å²) in [6.45, 7) is 6.04. The monoisotopic (exact) mass is 530 g/mol. The Morgan fingerprint density at radius 3 is 2.02 bits per heavy atom. The van der Waals surface area contributed by atoms with E-state index in [2.05, 4.69) is 50.9 Å². The van der Waals surface area contributed by atoms with Gasteiger partial charge in [-0.05, 0) is 93.1 Å². The number of hydrazone groups is 1. The van der Waals surface area contributed by atoms with Crippen LogP contribution in [0.1, 0.15) is 43.4 Å². The quantitative estimate of drug-likeness (QED) is 0.150. The summed E-state index contributed by atoms with van der Waals surface area (Å²) in [6.07, 6.45) is 1.64. The van der Waals surface area contributed by atoms with Crippen molar-refractivity contribution in [3.05, 3.63) is 131 Å². The van der Waals surface area contributed by atoms with E-state index >= 15 is 0 Å². The number of carbonyl (C=O) groups is 2. The minimum Gasteiger partial charge on any atom is -0.465 e. The molecule has 1 amide bonds. The molecule has 7 heteroatoms. The van der Waals surface area contributed by atoms with Crippen molar-refractivity contribution in [1.82, 2.24) is 14.6 Å². The summed E-state index contributed by atoms with van der Waals surface area (Å²) in [5, 5.41) is 4.21. The maximum atomic E-state index is 12.8. The molecule has 2 aromatic heterocycles. The first-order valence-corrected chi connectivity index (χ1v) is 12.9. The van der Waals surface area contributed by atoms with Gasteiger partial charge in [-0.15, -0.1) is 0 Å². The minimum absolute atomic E-state index is 0.289. The second-order valence-corrected chi connectivity index (χ2v) is 9.51. The van der Waals surface area contributed by atoms with Gasteiger partial charge in [-0.3, -0.25) is 4.79 Å². The Bertz CT molecular complexity index is 1690. The molecule has 200 valence electrons. The van der Waals surface area contributed by atoms with E-state index in [1.54, 1.807) is 30.5 Å². The van der Waals surface area contributed by atoms with Crippen LogP contribution in [0.5, 0.6) is 0 Å². The third kappa shape index (κ3) is 5.22. The Balaban J connectivity index is 1.29. The molecule has 40 heavy (non-hydrogen) atoms. The standard InChI is InChI=1S/C33H30N4O3/c1-22-10-19-31(25-8-6-5-7-9-25)37(22)30-15-11-26(12-16-30)32(38)35-34-21-28-20-23(2)36(24(28)3)29-17-13-27(14-18-29)33(39)40-4/h5-21H,1-4H3,(H,35,38)/b34-21+. The van der Waals surface area contributed by atoms with Crippen molar-refractivity contribution >= 4 is 18.1 Å². The van der Waals surface area contributed by atoms with Crippen LogP contribution >= 0.6 is 0 Å². The Kier molecular flexibility index (Phi) is 7.46. The lowest BCUT2D eigenvalue weighted by atomic mass is 10.1. The predicted octanol–water partition coefficient (Wildman–Crippen LogP) is 6.41. The van der Waals surface area contributed by atoms with Gasteiger partial charge in [0.1, 0.15) is 0 Å². The summed E-state index contributed by atoms with van der Waals surface area (Å²) in [4.78, 5) is 24.5. The lowest BCUT2D eigenvalue weighted by Gasteiger charge is -2.12. The van der Waals surface area contributed by atoms with Crippen LogP contribution in [-0.2, 0) is 4.74 Å². The van der Waals surface area contributed by atoms with Gasteiger partial charge < -0.3 is 13.9 Å². The van der Waals surface area contributed by atoms with Gasteiger partial charge in [0.05, 0.1) is 24.6 Å². The van der Waals surface area contributed by atoms with E-state index < -0.39 is 0 Å². The molecule has 5 rings (SSSR count). The fourth-order valence-corrected chi connectivity index (χ4v) is 4.88. The summed E-state index contributed by atoms with van der Waals surface area (Å²) in [6, 6.07) is 31.1. The number of esters is 1. The number of benzene rings is 3. The highest BCUT2D eigenvalue weighted by molar-refractivity contribution is 5.95. The molecule has 3 aromatic carbocycles. The van der Waals surface area contributed by atoms with Crippen molar-refractivity contribution in [3.63, 3.8) is 0 Å². The molecule has 0 bridgehead atoms. The molecule has 0 saturated heterocycles. The third-order valence-corrected chi connectivity index (χ3v) is 6.92. The number of ether oxygens (including phenoxy) is 1. The van der Waals surface area contributed by atoms with Gasteiger partial charge in [0.15, 0.2) is 0 Å². The summed E-state index contributed by atoms with van der Waals surface area (Å²) < 4.78 is 9.02. The Morgan fingerprint density at radius 1 is 0.750 bits per heavy atom. The van der Waals surface area contributed by atoms with E-state index in [4.69, 9.17) is 4.74 Å². The molecule has 0 fully saturated rings. The van der Waals surface area contributed by atoms with Gasteiger partial charge in [0.25, 0.3) is 5.91 Å². The Labute approximate surface area is 233 Å². The zero-order valence-electron chi connectivity index (χ0n) is 22.9. The molecule has 0 aliphatic carbocycles. The van der Waals surface area contributed by atoms with Crippen LogP contribution in [0.15, 0.2) is 102 Å². The molecule has 0 spiro atoms. The number of carbonyl (C=O) groups excluding carboxylic acids is 2. The van der Waals surface area contributed by atoms with Crippen molar-refractivity contribution in [1.29, 1.82) is 0 Å². The van der Waals surface area contributed by atoms with Crippen molar-refractivity contribution < 1.29 is 14.3 Å². The second-order valence-electron chi connectivity index (χ2n) is 9.51. The number of hydrogen-bond donors (Lipinski definition) is 1. The minimum atomic E-state index is -0.373. The number of nitrogens with zero attached hydrogens (tertiary/aromatic N) is 3. The van der Waals surface area contributed by atoms with Crippen LogP contribution in [0.3, 0.4) is 0 Å². The first-order chi connectivity index (χ1) is 19.4. The van der Waals surface area contributed by atoms with Gasteiger partial charge >= 0.3 is 5.97 Å². The van der Waals surface area contributed by atoms with Crippen molar-refractivity contribution in [2.45, 2.75) is 20.8 Å². The second kappa shape index (κ2) is 11.3. The van der Waals surface area contributed by atoms with Gasteiger partial charge in [-0.2, -0.15) is 5.10 Å². The fraction of sp³-hybridized carbons (Fsp3) is 0.121. The highest BCUT2D eigenvalue weighted by Gasteiger charge is 2.13. The topological polar surface area (TPSA) is 77.6 Å². The number of nitrogens with one attached hydrogen (secondary N) is 1. The maximum absolute atomic E-state index is 12.8. The number of aryl methyl sites for hydroxylation is 2. The number of methoxy groups -OCH3 is 1. The predicted molar refractivity (Wildman–Crippen MR) is 158 cm³/mol. The average Bonchev–Trinajstić information content (AvgIpc) is 3.51. The van der Waals surface area contributed by atoms with E-state index in [1.165, 1.54) is 7.11 Å². The molecule has 7 nitrogen and oxygen atoms in total. The fourth-order valence-electron chi connectivity index (χ4n) is 4.88. The molecule has 5 aromatic rings. The van der Waals surface area contributed by atoms with Crippen molar-refractivity contribution in [2.24, 2.45) is 5.10 Å². The first kappa shape index (κ1) is 26.4. The van der Waals surface area contributed by atoms with E-state index in [-0.39, 0.29) is 11.9 Å². The van der Waals surface area contributed by atoms with E-state index in [1.807, 2.05) is 62.4 Å². The SMILES string of the molecule is COC(=O)c1ccc(-n2c(C)cc(/C=N/NC(=O)c3ccc(-n4c(C)ccc4-c4ccccc4)cc3)c2C)cc1. The van der Waals surface area contributed by atoms with E-state index in [0.29, 0.717) is 11.1 Å². The molecular weight excluding hydrogens is 500 g/mol. The zero-order chi connectivity index (χ0) is 28.2. The molecule has 0 aliphatic heterocycles. The zero-order valence-corrected chi connectivity index (χ0v) is 22.9. The van der Waals surface area contributed by atoms with Gasteiger partial charge in [0.2, 0.25) is 0 Å². The van der Waals surface area contributed by atoms with Crippen LogP contribution in [-0.4, -0.2) is 34.3 Å². The first-order valence-electron chi connectivity index (χ1n) is 12.9. The average molecular weight is 531 g/mol. The van der Waals surface area contributed by atoms with Gasteiger partial charge in [-0.1, -0.05) is 30.3 Å². The van der Waals surface area contributed by atoms with E-state index in [9.17, 15) is 9.59 Å². The molecule has 0 atom stereocenters. The number of hydrogen-bond acceptors (Lipinski definition) is 4. The van der Waals surface area contributed by atoms with Crippen LogP contribution in [0.2, 0.25) is 0 Å². The van der Waals surface area contributed by atoms with Crippen molar-refractivity contribution in [2.75, 3.05) is 7.11 Å². The van der Waals surface area contributed by atoms with Crippen LogP contribution < -0.4 is 5.43 Å². The number of rotatable bonds is 7. The summed E-state index contributed by atoms with van der Waals surface area (Å²) in [5.41, 5.74) is 11.7. The molecule has 0 aliphatic rings. The highest BCUT2D eigenvalue weighted by Crippen LogP contribution is 2.26. The molecular formula is C33H30N4O3. The Morgan fingerprint density at radius 2 is 1.38 bits per heavy atom. The van der Waals surface area contributed by atoms with Gasteiger partial charge in [0, 0.05) is 39.6 Å². The molecule has 1 N–H and O–H groups in total. The van der Waals surface area contributed by atoms with Crippen molar-refractivity contribution in [3.8, 4) is 22.6 Å². The largest absolute Gasteiger partial charge is 0.465 e. The lowest BCUT2D eigenvalue weighted by molar-refractivity contribution is 0.0600. The smallest absolute Gasteiger partial charge is 0.337 e. The molecule has 2 heterocycles. The normalized spacial score (nSPS) is 11.1. The maximum Gasteiger partial charge on any atom is 0.337 e. The third-order valence-electron chi connectivity index (χ3n) is 6.92. The van der Waals surface area contributed by atoms with Crippen LogP contribution in [0, 0.1) is 20.8 Å². The van der Waals surface area contributed by atoms with E-state index in [0.717, 1.165) is 45.3 Å². The molecule has 0 radical (unpaired) electrons. The van der Waals surface area contributed by atoms with Crippen LogP contribution in [0.25, 0.3) is 22.6 Å².